The topological polar surface area (TPSA) is 132 Å². The van der Waals surface area contributed by atoms with E-state index in [2.05, 4.69) is 17.2 Å². The Morgan fingerprint density at radius 1 is 1.10 bits per heavy atom. The molecule has 1 aliphatic rings. The lowest BCUT2D eigenvalue weighted by Gasteiger charge is -2.34. The lowest BCUT2D eigenvalue weighted by molar-refractivity contribution is -0.165. The number of amides is 1. The van der Waals surface area contributed by atoms with Crippen LogP contribution in [-0.2, 0) is 23.8 Å². The van der Waals surface area contributed by atoms with Crippen molar-refractivity contribution < 1.29 is 42.8 Å². The van der Waals surface area contributed by atoms with Crippen molar-refractivity contribution in [3.05, 3.63) is 48.3 Å². The first-order valence-electron chi connectivity index (χ1n) is 14.5. The monoisotopic (exact) mass is 586 g/mol. The summed E-state index contributed by atoms with van der Waals surface area (Å²) >= 11 is 0. The summed E-state index contributed by atoms with van der Waals surface area (Å²) in [4.78, 5) is 42.0. The van der Waals surface area contributed by atoms with Gasteiger partial charge in [0, 0.05) is 25.8 Å². The first-order valence-corrected chi connectivity index (χ1v) is 14.5. The van der Waals surface area contributed by atoms with Gasteiger partial charge in [-0.25, -0.2) is 9.78 Å². The highest BCUT2D eigenvalue weighted by Gasteiger charge is 2.35. The lowest BCUT2D eigenvalue weighted by Crippen LogP contribution is -2.49. The molecule has 0 spiro atoms. The smallest absolute Gasteiger partial charge is 0.329 e. The zero-order chi connectivity index (χ0) is 30.3. The highest BCUT2D eigenvalue weighted by atomic mass is 16.7. The standard InChI is InChI=1S/C31H42N2O9/c1-5-6-12-19-38-28-21(2)41-31(36)24(15-10-11-16-26(28)42-23-13-8-7-9-14-23)33-30(35)27-29(40-20-39-22(3)34)25(37-4)17-18-32-27/h7-9,13-14,17-18,21,24,26,28H,5-6,10-12,15-16,19-20H2,1-4H3,(H,33,35)/t21-,24-,26-,28-/m0/s1. The summed E-state index contributed by atoms with van der Waals surface area (Å²) in [5.74, 6) is -0.854. The van der Waals surface area contributed by atoms with Crippen molar-refractivity contribution in [2.24, 2.45) is 0 Å². The van der Waals surface area contributed by atoms with E-state index in [1.807, 2.05) is 30.3 Å². The molecule has 0 unspecified atom stereocenters. The molecule has 1 saturated heterocycles. The fourth-order valence-electron chi connectivity index (χ4n) is 4.65. The Bertz CT molecular complexity index is 1140. The van der Waals surface area contributed by atoms with Crippen molar-refractivity contribution >= 4 is 17.8 Å². The van der Waals surface area contributed by atoms with Gasteiger partial charge in [-0.2, -0.15) is 0 Å². The predicted molar refractivity (Wildman–Crippen MR) is 153 cm³/mol. The van der Waals surface area contributed by atoms with E-state index in [1.54, 1.807) is 6.92 Å². The molecule has 11 heteroatoms. The number of aromatic nitrogens is 1. The Labute approximate surface area is 247 Å². The number of pyridine rings is 1. The van der Waals surface area contributed by atoms with Gasteiger partial charge in [0.05, 0.1) is 7.11 Å². The van der Waals surface area contributed by atoms with Crippen LogP contribution in [0.4, 0.5) is 0 Å². The highest BCUT2D eigenvalue weighted by molar-refractivity contribution is 5.98. The number of nitrogens with zero attached hydrogens (tertiary/aromatic N) is 1. The molecule has 3 rings (SSSR count). The van der Waals surface area contributed by atoms with Gasteiger partial charge in [-0.1, -0.05) is 44.4 Å². The molecular formula is C31H42N2O9. The third-order valence-corrected chi connectivity index (χ3v) is 6.81. The number of methoxy groups -OCH3 is 1. The molecule has 2 aromatic rings. The van der Waals surface area contributed by atoms with E-state index in [1.165, 1.54) is 26.3 Å². The van der Waals surface area contributed by atoms with E-state index >= 15 is 0 Å². The van der Waals surface area contributed by atoms with Crippen molar-refractivity contribution in [2.75, 3.05) is 20.5 Å². The molecule has 4 atom stereocenters. The fourth-order valence-corrected chi connectivity index (χ4v) is 4.65. The maximum Gasteiger partial charge on any atom is 0.329 e. The summed E-state index contributed by atoms with van der Waals surface area (Å²) in [6.07, 6.45) is 5.32. The van der Waals surface area contributed by atoms with Crippen LogP contribution in [0.5, 0.6) is 17.2 Å². The Morgan fingerprint density at radius 2 is 1.86 bits per heavy atom. The molecule has 11 nitrogen and oxygen atoms in total. The molecule has 1 aromatic carbocycles. The van der Waals surface area contributed by atoms with Crippen LogP contribution < -0.4 is 19.5 Å². The number of hydrogen-bond donors (Lipinski definition) is 1. The minimum Gasteiger partial charge on any atom is -0.493 e. The second-order valence-electron chi connectivity index (χ2n) is 10.1. The van der Waals surface area contributed by atoms with Crippen LogP contribution >= 0.6 is 0 Å². The largest absolute Gasteiger partial charge is 0.493 e. The first kappa shape index (κ1) is 32.7. The Kier molecular flexibility index (Phi) is 13.4. The second-order valence-corrected chi connectivity index (χ2v) is 10.1. The number of esters is 2. The maximum absolute atomic E-state index is 13.4. The van der Waals surface area contributed by atoms with Gasteiger partial charge < -0.3 is 33.7 Å². The quantitative estimate of drug-likeness (QED) is 0.202. The number of hydrogen-bond acceptors (Lipinski definition) is 10. The normalized spacial score (nSPS) is 21.0. The van der Waals surface area contributed by atoms with Crippen LogP contribution in [0.3, 0.4) is 0 Å². The van der Waals surface area contributed by atoms with Crippen molar-refractivity contribution in [3.63, 3.8) is 0 Å². The van der Waals surface area contributed by atoms with Gasteiger partial charge in [0.1, 0.15) is 30.1 Å². The molecular weight excluding hydrogens is 544 g/mol. The summed E-state index contributed by atoms with van der Waals surface area (Å²) < 4.78 is 34.1. The van der Waals surface area contributed by atoms with Crippen LogP contribution in [-0.4, -0.2) is 67.7 Å². The van der Waals surface area contributed by atoms with Crippen LogP contribution in [0, 0.1) is 0 Å². The van der Waals surface area contributed by atoms with Gasteiger partial charge in [-0.15, -0.1) is 0 Å². The minimum atomic E-state index is -0.929. The van der Waals surface area contributed by atoms with Crippen LogP contribution in [0.2, 0.25) is 0 Å². The molecule has 42 heavy (non-hydrogen) atoms. The summed E-state index contributed by atoms with van der Waals surface area (Å²) in [5.41, 5.74) is -0.118. The SMILES string of the molecule is CCCCCO[C@H]1[C@H](C)OC(=O)[C@@H](NC(=O)c2nccc(OC)c2OCOC(C)=O)CCCC[C@@H]1Oc1ccccc1. The van der Waals surface area contributed by atoms with Crippen LogP contribution in [0.15, 0.2) is 42.6 Å². The van der Waals surface area contributed by atoms with Gasteiger partial charge >= 0.3 is 11.9 Å². The number of ether oxygens (including phenoxy) is 6. The third-order valence-electron chi connectivity index (χ3n) is 6.81. The molecule has 1 aliphatic heterocycles. The molecule has 2 heterocycles. The van der Waals surface area contributed by atoms with E-state index in [0.717, 1.165) is 31.4 Å². The Hall–Kier alpha value is -3.86. The van der Waals surface area contributed by atoms with Crippen molar-refractivity contribution in [2.45, 2.75) is 90.1 Å². The highest BCUT2D eigenvalue weighted by Crippen LogP contribution is 2.30. The van der Waals surface area contributed by atoms with Gasteiger partial charge in [0.25, 0.3) is 5.91 Å². The van der Waals surface area contributed by atoms with E-state index in [9.17, 15) is 14.4 Å². The summed E-state index contributed by atoms with van der Waals surface area (Å²) in [6.45, 7) is 5.23. The van der Waals surface area contributed by atoms with E-state index in [0.29, 0.717) is 25.9 Å². The lowest BCUT2D eigenvalue weighted by atomic mass is 9.98. The molecule has 0 radical (unpaired) electrons. The van der Waals surface area contributed by atoms with E-state index in [4.69, 9.17) is 28.4 Å². The summed E-state index contributed by atoms with van der Waals surface area (Å²) in [6, 6.07) is 10.1. The van der Waals surface area contributed by atoms with Crippen LogP contribution in [0.25, 0.3) is 0 Å². The van der Waals surface area contributed by atoms with Crippen LogP contribution in [0.1, 0.15) is 76.2 Å². The molecule has 1 N–H and O–H groups in total. The van der Waals surface area contributed by atoms with E-state index in [-0.39, 0.29) is 23.3 Å². The van der Waals surface area contributed by atoms with Gasteiger partial charge in [0.15, 0.2) is 17.2 Å². The molecule has 230 valence electrons. The van der Waals surface area contributed by atoms with Gasteiger partial charge in [-0.05, 0) is 44.7 Å². The molecule has 1 aromatic heterocycles. The van der Waals surface area contributed by atoms with E-state index < -0.39 is 42.9 Å². The molecule has 0 saturated carbocycles. The van der Waals surface area contributed by atoms with Crippen molar-refractivity contribution in [3.8, 4) is 17.2 Å². The first-order chi connectivity index (χ1) is 20.3. The Balaban J connectivity index is 1.76. The number of carbonyl (C=O) groups excluding carboxylic acids is 3. The summed E-state index contributed by atoms with van der Waals surface area (Å²) in [5, 5.41) is 2.75. The zero-order valence-corrected chi connectivity index (χ0v) is 24.8. The zero-order valence-electron chi connectivity index (χ0n) is 24.8. The van der Waals surface area contributed by atoms with Gasteiger partial charge in [0.2, 0.25) is 6.79 Å². The number of cyclic esters (lactones) is 1. The number of unbranched alkanes of at least 4 members (excludes halogenated alkanes) is 2. The molecule has 1 fully saturated rings. The minimum absolute atomic E-state index is 0.0122. The third kappa shape index (κ3) is 9.90. The number of benzene rings is 1. The second kappa shape index (κ2) is 17.2. The predicted octanol–water partition coefficient (Wildman–Crippen LogP) is 4.62. The maximum atomic E-state index is 13.4. The average Bonchev–Trinajstić information content (AvgIpc) is 2.98. The summed E-state index contributed by atoms with van der Waals surface area (Å²) in [7, 11) is 1.41. The number of carbonyl (C=O) groups is 3. The average molecular weight is 587 g/mol. The van der Waals surface area contributed by atoms with Gasteiger partial charge in [-0.3, -0.25) is 9.59 Å². The Morgan fingerprint density at radius 3 is 2.57 bits per heavy atom. The number of para-hydroxylation sites is 1. The fraction of sp³-hybridized carbons (Fsp3) is 0.548. The van der Waals surface area contributed by atoms with Crippen molar-refractivity contribution in [1.82, 2.24) is 10.3 Å². The molecule has 0 bridgehead atoms. The molecule has 1 amide bonds. The molecule has 0 aliphatic carbocycles. The van der Waals surface area contributed by atoms with Crippen molar-refractivity contribution in [1.29, 1.82) is 0 Å². The number of rotatable bonds is 13. The number of nitrogens with one attached hydrogen (secondary N) is 1.